The number of hydrogen-bond donors (Lipinski definition) is 2. The number of nitrogens with one attached hydrogen (secondary N) is 1. The van der Waals surface area contributed by atoms with E-state index < -0.39 is 15.9 Å². The predicted octanol–water partition coefficient (Wildman–Crippen LogP) is 3.96. The number of aryl methyl sites for hydroxylation is 1. The van der Waals surface area contributed by atoms with Gasteiger partial charge >= 0.3 is 0 Å². The summed E-state index contributed by atoms with van der Waals surface area (Å²) in [5.74, 6) is -0.784. The molecule has 0 spiro atoms. The molecular formula is C17H12Cl2N2O4S2. The van der Waals surface area contributed by atoms with Gasteiger partial charge in [-0.2, -0.15) is 8.42 Å². The molecule has 0 radical (unpaired) electrons. The maximum absolute atomic E-state index is 12.4. The Kier molecular flexibility index (Phi) is 5.53. The third kappa shape index (κ3) is 4.47. The summed E-state index contributed by atoms with van der Waals surface area (Å²) in [4.78, 5) is 12.3. The van der Waals surface area contributed by atoms with Gasteiger partial charge in [0.2, 0.25) is 0 Å². The lowest BCUT2D eigenvalue weighted by molar-refractivity contribution is -0.115. The van der Waals surface area contributed by atoms with Crippen molar-refractivity contribution < 1.29 is 18.3 Å². The third-order valence-electron chi connectivity index (χ3n) is 3.52. The number of thioether (sulfide) groups is 1. The smallest absolute Gasteiger partial charge is 0.284 e. The Morgan fingerprint density at radius 2 is 1.85 bits per heavy atom. The second-order valence-electron chi connectivity index (χ2n) is 5.57. The van der Waals surface area contributed by atoms with Gasteiger partial charge < -0.3 is 5.11 Å². The summed E-state index contributed by atoms with van der Waals surface area (Å²) in [6, 6.07) is 9.00. The first kappa shape index (κ1) is 19.8. The van der Waals surface area contributed by atoms with Crippen molar-refractivity contribution in [3.63, 3.8) is 0 Å². The number of halogens is 2. The highest BCUT2D eigenvalue weighted by Crippen LogP contribution is 2.35. The van der Waals surface area contributed by atoms with Gasteiger partial charge in [0.1, 0.15) is 5.75 Å². The van der Waals surface area contributed by atoms with Gasteiger partial charge in [-0.15, -0.1) is 4.40 Å². The van der Waals surface area contributed by atoms with Crippen molar-refractivity contribution in [3.05, 3.63) is 62.5 Å². The number of carbonyl (C=O) groups is 1. The molecule has 0 atom stereocenters. The fraction of sp³-hybridized carbons (Fsp3) is 0.0588. The van der Waals surface area contributed by atoms with Crippen molar-refractivity contribution in [3.8, 4) is 5.75 Å². The number of amides is 1. The normalized spacial score (nSPS) is 17.5. The van der Waals surface area contributed by atoms with Crippen molar-refractivity contribution in [2.24, 2.45) is 4.40 Å². The van der Waals surface area contributed by atoms with E-state index in [1.807, 2.05) is 6.92 Å². The average Bonchev–Trinajstić information content (AvgIpc) is 2.91. The number of nitrogens with zero attached hydrogens (tertiary/aromatic N) is 1. The maximum Gasteiger partial charge on any atom is 0.284 e. The Morgan fingerprint density at radius 1 is 1.19 bits per heavy atom. The molecule has 1 fully saturated rings. The summed E-state index contributed by atoms with van der Waals surface area (Å²) in [5.41, 5.74) is 1.14. The van der Waals surface area contributed by atoms with Crippen molar-refractivity contribution in [1.82, 2.24) is 5.32 Å². The summed E-state index contributed by atoms with van der Waals surface area (Å²) >= 11 is 12.6. The van der Waals surface area contributed by atoms with Gasteiger partial charge in [0.15, 0.2) is 5.17 Å². The molecule has 0 aromatic heterocycles. The third-order valence-corrected chi connectivity index (χ3v) is 6.34. The number of rotatable bonds is 3. The molecule has 1 heterocycles. The first-order valence-electron chi connectivity index (χ1n) is 7.46. The minimum Gasteiger partial charge on any atom is -0.506 e. The fourth-order valence-corrected chi connectivity index (χ4v) is 4.66. The second-order valence-corrected chi connectivity index (χ2v) is 9.05. The van der Waals surface area contributed by atoms with Crippen LogP contribution in [0, 0.1) is 6.92 Å². The van der Waals surface area contributed by atoms with Gasteiger partial charge in [-0.3, -0.25) is 10.1 Å². The van der Waals surface area contributed by atoms with Crippen LogP contribution in [0.1, 0.15) is 11.1 Å². The molecule has 27 heavy (non-hydrogen) atoms. The lowest BCUT2D eigenvalue weighted by Crippen LogP contribution is -2.20. The number of amidine groups is 1. The number of carbonyl (C=O) groups excluding carboxylic acids is 1. The molecule has 0 bridgehead atoms. The number of benzene rings is 2. The minimum absolute atomic E-state index is 0.0205. The monoisotopic (exact) mass is 442 g/mol. The van der Waals surface area contributed by atoms with E-state index in [0.717, 1.165) is 17.3 Å². The molecule has 0 saturated carbocycles. The molecule has 1 saturated heterocycles. The topological polar surface area (TPSA) is 95.8 Å². The summed E-state index contributed by atoms with van der Waals surface area (Å²) < 4.78 is 28.4. The fourth-order valence-electron chi connectivity index (χ4n) is 2.18. The largest absolute Gasteiger partial charge is 0.506 e. The van der Waals surface area contributed by atoms with Crippen LogP contribution in [0.3, 0.4) is 0 Å². The summed E-state index contributed by atoms with van der Waals surface area (Å²) in [6.07, 6.45) is 1.36. The first-order chi connectivity index (χ1) is 12.7. The van der Waals surface area contributed by atoms with Crippen LogP contribution in [0.25, 0.3) is 6.08 Å². The van der Waals surface area contributed by atoms with Crippen LogP contribution in [0.2, 0.25) is 10.0 Å². The molecule has 1 aliphatic rings. The molecule has 6 nitrogen and oxygen atoms in total. The predicted molar refractivity (Wildman–Crippen MR) is 108 cm³/mol. The Bertz CT molecular complexity index is 1090. The summed E-state index contributed by atoms with van der Waals surface area (Å²) in [7, 11) is -3.97. The summed E-state index contributed by atoms with van der Waals surface area (Å²) in [5, 5.41) is 12.6. The molecule has 1 amide bonds. The van der Waals surface area contributed by atoms with Crippen LogP contribution in [0.5, 0.6) is 5.75 Å². The van der Waals surface area contributed by atoms with Gasteiger partial charge in [0.05, 0.1) is 14.8 Å². The van der Waals surface area contributed by atoms with Crippen LogP contribution >= 0.6 is 35.0 Å². The van der Waals surface area contributed by atoms with Crippen molar-refractivity contribution >= 4 is 62.1 Å². The number of hydrogen-bond acceptors (Lipinski definition) is 5. The molecule has 0 aliphatic carbocycles. The van der Waals surface area contributed by atoms with Gasteiger partial charge in [-0.05, 0) is 49.0 Å². The Hall–Kier alpha value is -2.00. The van der Waals surface area contributed by atoms with Gasteiger partial charge in [-0.1, -0.05) is 40.9 Å². The van der Waals surface area contributed by atoms with Crippen LogP contribution < -0.4 is 5.32 Å². The van der Waals surface area contributed by atoms with Crippen molar-refractivity contribution in [2.75, 3.05) is 0 Å². The van der Waals surface area contributed by atoms with E-state index in [0.29, 0.717) is 0 Å². The quantitative estimate of drug-likeness (QED) is 0.701. The van der Waals surface area contributed by atoms with Gasteiger partial charge in [-0.25, -0.2) is 0 Å². The van der Waals surface area contributed by atoms with Gasteiger partial charge in [0.25, 0.3) is 15.9 Å². The lowest BCUT2D eigenvalue weighted by atomic mass is 10.2. The van der Waals surface area contributed by atoms with Crippen molar-refractivity contribution in [1.29, 1.82) is 0 Å². The zero-order chi connectivity index (χ0) is 19.8. The number of phenols is 1. The molecule has 3 rings (SSSR count). The van der Waals surface area contributed by atoms with E-state index in [4.69, 9.17) is 23.2 Å². The van der Waals surface area contributed by atoms with Gasteiger partial charge in [0, 0.05) is 10.6 Å². The molecule has 2 aromatic rings. The Labute approximate surface area is 170 Å². The molecular weight excluding hydrogens is 431 g/mol. The summed E-state index contributed by atoms with van der Waals surface area (Å²) in [6.45, 7) is 1.84. The van der Waals surface area contributed by atoms with Crippen LogP contribution in [-0.2, 0) is 14.8 Å². The van der Waals surface area contributed by atoms with E-state index in [1.54, 1.807) is 12.1 Å². The molecule has 0 unspecified atom stereocenters. The molecule has 140 valence electrons. The average molecular weight is 443 g/mol. The molecule has 2 aromatic carbocycles. The molecule has 1 aliphatic heterocycles. The highest BCUT2D eigenvalue weighted by molar-refractivity contribution is 8.19. The first-order valence-corrected chi connectivity index (χ1v) is 10.5. The Balaban J connectivity index is 1.91. The van der Waals surface area contributed by atoms with E-state index in [9.17, 15) is 18.3 Å². The maximum atomic E-state index is 12.4. The lowest BCUT2D eigenvalue weighted by Gasteiger charge is -2.03. The standard InChI is InChI=1S/C17H12Cl2N2O4S2/c1-9-2-4-12(5-3-9)27(24,25)21-17-20-16(23)14(26-17)7-10-6-11(18)8-13(19)15(10)22/h2-8,22H,1H3,(H,20,21,23)/b14-7+. The zero-order valence-electron chi connectivity index (χ0n) is 13.7. The highest BCUT2D eigenvalue weighted by atomic mass is 35.5. The molecule has 2 N–H and O–H groups in total. The zero-order valence-corrected chi connectivity index (χ0v) is 16.9. The number of phenolic OH excluding ortho intramolecular Hbond substituents is 1. The van der Waals surface area contributed by atoms with Crippen molar-refractivity contribution in [2.45, 2.75) is 11.8 Å². The Morgan fingerprint density at radius 3 is 2.52 bits per heavy atom. The van der Waals surface area contributed by atoms with E-state index in [-0.39, 0.29) is 36.3 Å². The molecule has 10 heteroatoms. The number of sulfonamides is 1. The van der Waals surface area contributed by atoms with E-state index in [2.05, 4.69) is 9.71 Å². The minimum atomic E-state index is -3.97. The van der Waals surface area contributed by atoms with E-state index in [1.165, 1.54) is 30.3 Å². The van der Waals surface area contributed by atoms with Crippen LogP contribution in [0.15, 0.2) is 50.6 Å². The number of aromatic hydroxyl groups is 1. The van der Waals surface area contributed by atoms with E-state index >= 15 is 0 Å². The second kappa shape index (κ2) is 7.55. The SMILES string of the molecule is Cc1ccc(S(=O)(=O)N=C2NC(=O)/C(=C\c3cc(Cl)cc(Cl)c3O)S2)cc1. The highest BCUT2D eigenvalue weighted by Gasteiger charge is 2.27. The van der Waals surface area contributed by atoms with Crippen LogP contribution in [0.4, 0.5) is 0 Å². The van der Waals surface area contributed by atoms with Crippen LogP contribution in [-0.4, -0.2) is 24.6 Å².